The number of benzene rings is 4. The Labute approximate surface area is 284 Å². The molecule has 1 aliphatic heterocycles. The summed E-state index contributed by atoms with van der Waals surface area (Å²) in [6.07, 6.45) is -0.465. The maximum absolute atomic E-state index is 13.4. The van der Waals surface area contributed by atoms with Gasteiger partial charge in [0.1, 0.15) is 10.6 Å². The number of nitrogen functional groups attached to an aromatic ring is 1. The van der Waals surface area contributed by atoms with E-state index in [-0.39, 0.29) is 32.8 Å². The van der Waals surface area contributed by atoms with Gasteiger partial charge in [0.2, 0.25) is 5.95 Å². The van der Waals surface area contributed by atoms with E-state index in [1.54, 1.807) is 61.2 Å². The SMILES string of the molecule is COB(O)c1ccccc1S(=O)(=O)OC(C)C.Nc1nc(C(=O)N2Cc3ccccc3C2)c2cc(-c3ccccc3S(=O)(=O)O)ccc2n1. The summed E-state index contributed by atoms with van der Waals surface area (Å²) in [7, 11) is -8.33. The molecule has 0 unspecified atom stereocenters. The summed E-state index contributed by atoms with van der Waals surface area (Å²) in [4.78, 5) is 23.2. The molecule has 1 aromatic heterocycles. The van der Waals surface area contributed by atoms with Crippen molar-refractivity contribution in [2.45, 2.75) is 42.8 Å². The second-order valence-corrected chi connectivity index (χ2v) is 14.2. The van der Waals surface area contributed by atoms with Crippen molar-refractivity contribution >= 4 is 55.6 Å². The first-order valence-corrected chi connectivity index (χ1v) is 17.8. The van der Waals surface area contributed by atoms with E-state index in [1.165, 1.54) is 31.4 Å². The van der Waals surface area contributed by atoms with Crippen LogP contribution in [0.5, 0.6) is 0 Å². The Kier molecular flexibility index (Phi) is 10.5. The fraction of sp³-hybridized carbons (Fsp3) is 0.182. The molecule has 1 amide bonds. The number of carbonyl (C=O) groups is 1. The smallest absolute Gasteiger partial charge is 0.423 e. The van der Waals surface area contributed by atoms with Crippen LogP contribution in [0, 0.1) is 0 Å². The van der Waals surface area contributed by atoms with Crippen molar-refractivity contribution in [3.63, 3.8) is 0 Å². The highest BCUT2D eigenvalue weighted by Crippen LogP contribution is 2.32. The topological polar surface area (TPSA) is 199 Å². The van der Waals surface area contributed by atoms with Crippen LogP contribution in [0.4, 0.5) is 5.95 Å². The average Bonchev–Trinajstić information content (AvgIpc) is 3.51. The van der Waals surface area contributed by atoms with Gasteiger partial charge in [0.05, 0.1) is 16.5 Å². The van der Waals surface area contributed by atoms with Gasteiger partial charge >= 0.3 is 7.12 Å². The van der Waals surface area contributed by atoms with Crippen LogP contribution in [0.15, 0.2) is 101 Å². The van der Waals surface area contributed by atoms with Crippen LogP contribution in [-0.4, -0.2) is 67.5 Å². The van der Waals surface area contributed by atoms with Crippen LogP contribution < -0.4 is 11.2 Å². The van der Waals surface area contributed by atoms with Crippen LogP contribution in [0.1, 0.15) is 35.5 Å². The molecule has 254 valence electrons. The largest absolute Gasteiger partial charge is 0.492 e. The molecule has 0 bridgehead atoms. The van der Waals surface area contributed by atoms with Crippen molar-refractivity contribution in [1.82, 2.24) is 14.9 Å². The first-order chi connectivity index (χ1) is 23.2. The molecule has 4 N–H and O–H groups in total. The standard InChI is InChI=1S/C23H18N4O4S.C10H15BO5S/c24-23-25-19-10-9-14(17-7-3-4-8-20(17)32(29,30)31)11-18(19)21(26-23)22(28)27-12-15-5-1-2-6-16(15)13-27;1-8(2)16-17(13,14)10-7-5-4-6-9(10)11(12)15-3/h1-11H,12-13H2,(H2,24,25,26)(H,29,30,31);4-8,12H,1-3H3. The third kappa shape index (κ3) is 7.96. The van der Waals surface area contributed by atoms with Gasteiger partial charge in [0.15, 0.2) is 0 Å². The maximum atomic E-state index is 13.4. The number of nitrogens with two attached hydrogens (primary N) is 1. The zero-order chi connectivity index (χ0) is 35.5. The Morgan fingerprint density at radius 3 is 2.08 bits per heavy atom. The van der Waals surface area contributed by atoms with Gasteiger partial charge in [-0.05, 0) is 54.8 Å². The van der Waals surface area contributed by atoms with Gasteiger partial charge in [-0.1, -0.05) is 66.7 Å². The third-order valence-electron chi connectivity index (χ3n) is 7.52. The Morgan fingerprint density at radius 2 is 1.47 bits per heavy atom. The second-order valence-electron chi connectivity index (χ2n) is 11.3. The fourth-order valence-corrected chi connectivity index (χ4v) is 7.41. The lowest BCUT2D eigenvalue weighted by atomic mass is 9.80. The maximum Gasteiger partial charge on any atom is 0.492 e. The Morgan fingerprint density at radius 1 is 0.878 bits per heavy atom. The molecular weight excluding hydrogens is 671 g/mol. The molecule has 0 aliphatic carbocycles. The molecule has 16 heteroatoms. The van der Waals surface area contributed by atoms with E-state index in [0.717, 1.165) is 11.1 Å². The van der Waals surface area contributed by atoms with Gasteiger partial charge in [0, 0.05) is 36.6 Å². The van der Waals surface area contributed by atoms with E-state index >= 15 is 0 Å². The minimum atomic E-state index is -4.44. The summed E-state index contributed by atoms with van der Waals surface area (Å²) >= 11 is 0. The Hall–Kier alpha value is -4.71. The quantitative estimate of drug-likeness (QED) is 0.121. The van der Waals surface area contributed by atoms with E-state index in [1.807, 2.05) is 24.3 Å². The van der Waals surface area contributed by atoms with E-state index < -0.39 is 33.5 Å². The van der Waals surface area contributed by atoms with Crippen LogP contribution >= 0.6 is 0 Å². The second kappa shape index (κ2) is 14.4. The van der Waals surface area contributed by atoms with E-state index in [9.17, 15) is 31.2 Å². The molecule has 6 rings (SSSR count). The van der Waals surface area contributed by atoms with Crippen molar-refractivity contribution < 1.29 is 40.0 Å². The number of aromatic nitrogens is 2. The molecule has 13 nitrogen and oxygen atoms in total. The summed E-state index contributed by atoms with van der Waals surface area (Å²) in [6.45, 7) is 4.16. The van der Waals surface area contributed by atoms with Crippen molar-refractivity contribution in [2.75, 3.05) is 12.8 Å². The van der Waals surface area contributed by atoms with Gasteiger partial charge in [-0.3, -0.25) is 13.5 Å². The third-order valence-corrected chi connectivity index (χ3v) is 9.98. The molecule has 0 fully saturated rings. The van der Waals surface area contributed by atoms with Crippen molar-refractivity contribution in [1.29, 1.82) is 0 Å². The van der Waals surface area contributed by atoms with Gasteiger partial charge in [-0.2, -0.15) is 16.8 Å². The first-order valence-electron chi connectivity index (χ1n) is 14.9. The summed E-state index contributed by atoms with van der Waals surface area (Å²) in [5.74, 6) is -0.316. The van der Waals surface area contributed by atoms with Crippen molar-refractivity contribution in [2.24, 2.45) is 0 Å². The van der Waals surface area contributed by atoms with Gasteiger partial charge in [0.25, 0.3) is 26.1 Å². The predicted molar refractivity (Wildman–Crippen MR) is 184 cm³/mol. The van der Waals surface area contributed by atoms with Gasteiger partial charge < -0.3 is 20.3 Å². The number of amides is 1. The minimum Gasteiger partial charge on any atom is -0.423 e. The normalized spacial score (nSPS) is 12.8. The number of fused-ring (bicyclic) bond motifs is 2. The lowest BCUT2D eigenvalue weighted by molar-refractivity contribution is 0.0747. The van der Waals surface area contributed by atoms with E-state index in [2.05, 4.69) is 9.97 Å². The molecule has 49 heavy (non-hydrogen) atoms. The van der Waals surface area contributed by atoms with Crippen molar-refractivity contribution in [3.8, 4) is 11.1 Å². The number of nitrogens with zero attached hydrogens (tertiary/aromatic N) is 3. The number of anilines is 1. The molecule has 0 atom stereocenters. The highest BCUT2D eigenvalue weighted by molar-refractivity contribution is 7.87. The highest BCUT2D eigenvalue weighted by atomic mass is 32.2. The molecule has 0 saturated carbocycles. The monoisotopic (exact) mass is 704 g/mol. The summed E-state index contributed by atoms with van der Waals surface area (Å²) in [5, 5.41) is 10.0. The van der Waals surface area contributed by atoms with Crippen LogP contribution in [0.2, 0.25) is 0 Å². The molecule has 2 heterocycles. The van der Waals surface area contributed by atoms with Crippen molar-refractivity contribution in [3.05, 3.63) is 108 Å². The zero-order valence-electron chi connectivity index (χ0n) is 26.7. The number of hydrogen-bond donors (Lipinski definition) is 3. The highest BCUT2D eigenvalue weighted by Gasteiger charge is 2.28. The Balaban J connectivity index is 0.000000234. The fourth-order valence-electron chi connectivity index (χ4n) is 5.38. The zero-order valence-corrected chi connectivity index (χ0v) is 28.3. The molecule has 1 aliphatic rings. The van der Waals surface area contributed by atoms with E-state index in [4.69, 9.17) is 14.6 Å². The molecule has 0 saturated heterocycles. The number of hydrogen-bond acceptors (Lipinski definition) is 11. The van der Waals surface area contributed by atoms with Crippen LogP contribution in [-0.2, 0) is 42.2 Å². The van der Waals surface area contributed by atoms with E-state index in [0.29, 0.717) is 35.1 Å². The van der Waals surface area contributed by atoms with Gasteiger partial charge in [-0.25, -0.2) is 9.97 Å². The molecule has 0 spiro atoms. The van der Waals surface area contributed by atoms with Crippen LogP contribution in [0.25, 0.3) is 22.0 Å². The molecular formula is C33H33BN4O9S2. The average molecular weight is 705 g/mol. The molecule has 5 aromatic rings. The minimum absolute atomic E-state index is 0.0244. The van der Waals surface area contributed by atoms with Crippen LogP contribution in [0.3, 0.4) is 0 Å². The van der Waals surface area contributed by atoms with Gasteiger partial charge in [-0.15, -0.1) is 0 Å². The summed E-state index contributed by atoms with van der Waals surface area (Å²) in [5.41, 5.74) is 9.60. The number of rotatable bonds is 8. The summed E-state index contributed by atoms with van der Waals surface area (Å²) < 4.78 is 66.7. The Bertz CT molecular complexity index is 2230. The summed E-state index contributed by atoms with van der Waals surface area (Å²) in [6, 6.07) is 24.9. The number of carbonyl (C=O) groups excluding carboxylic acids is 1. The lowest BCUT2D eigenvalue weighted by Gasteiger charge is -2.17. The first kappa shape index (κ1) is 35.6. The molecule has 0 radical (unpaired) electrons. The molecule has 4 aromatic carbocycles. The predicted octanol–water partition coefficient (Wildman–Crippen LogP) is 3.42. The lowest BCUT2D eigenvalue weighted by Crippen LogP contribution is -2.36.